The topological polar surface area (TPSA) is 36.2 Å². The standard InChI is InChI=1S/C7H7N2/c1-2-6-5-9-4-3-7(6)8/h2,4,8H,1,3H2. The SMILES string of the molecule is C=CC1=[C]N=CCC1=N. The first kappa shape index (κ1) is 5.95. The zero-order valence-electron chi connectivity index (χ0n) is 5.02. The van der Waals surface area contributed by atoms with E-state index in [0.29, 0.717) is 17.7 Å². The van der Waals surface area contributed by atoms with Gasteiger partial charge in [-0.2, -0.15) is 0 Å². The average molecular weight is 119 g/mol. The van der Waals surface area contributed by atoms with Crippen molar-refractivity contribution in [1.82, 2.24) is 0 Å². The Kier molecular flexibility index (Phi) is 1.58. The van der Waals surface area contributed by atoms with Crippen molar-refractivity contribution in [2.75, 3.05) is 0 Å². The van der Waals surface area contributed by atoms with Crippen LogP contribution in [0.5, 0.6) is 0 Å². The van der Waals surface area contributed by atoms with E-state index >= 15 is 0 Å². The molecule has 1 rings (SSSR count). The lowest BCUT2D eigenvalue weighted by atomic mass is 10.1. The highest BCUT2D eigenvalue weighted by Gasteiger charge is 2.02. The molecule has 0 bridgehead atoms. The van der Waals surface area contributed by atoms with Gasteiger partial charge < -0.3 is 5.41 Å². The Balaban J connectivity index is 2.86. The van der Waals surface area contributed by atoms with Gasteiger partial charge >= 0.3 is 0 Å². The first-order valence-electron chi connectivity index (χ1n) is 2.69. The Morgan fingerprint density at radius 1 is 1.89 bits per heavy atom. The summed E-state index contributed by atoms with van der Waals surface area (Å²) in [6, 6.07) is 0. The Morgan fingerprint density at radius 2 is 2.67 bits per heavy atom. The fourth-order valence-corrected chi connectivity index (χ4v) is 0.598. The zero-order valence-corrected chi connectivity index (χ0v) is 5.02. The Bertz CT molecular complexity index is 199. The highest BCUT2D eigenvalue weighted by molar-refractivity contribution is 6.07. The zero-order chi connectivity index (χ0) is 6.69. The molecule has 0 fully saturated rings. The summed E-state index contributed by atoms with van der Waals surface area (Å²) in [5.74, 6) is 0. The molecule has 0 atom stereocenters. The molecule has 9 heavy (non-hydrogen) atoms. The molecule has 1 N–H and O–H groups in total. The molecule has 0 saturated carbocycles. The van der Waals surface area contributed by atoms with Crippen LogP contribution in [0.3, 0.4) is 0 Å². The lowest BCUT2D eigenvalue weighted by molar-refractivity contribution is 1.33. The molecule has 1 heterocycles. The van der Waals surface area contributed by atoms with Gasteiger partial charge in [-0.1, -0.05) is 12.7 Å². The number of aliphatic imine (C=N–C) groups is 1. The highest BCUT2D eigenvalue weighted by Crippen LogP contribution is 2.03. The minimum Gasteiger partial charge on any atom is -0.304 e. The highest BCUT2D eigenvalue weighted by atomic mass is 14.7. The van der Waals surface area contributed by atoms with Crippen molar-refractivity contribution in [3.8, 4) is 0 Å². The van der Waals surface area contributed by atoms with E-state index < -0.39 is 0 Å². The molecule has 1 radical (unpaired) electrons. The Labute approximate surface area is 54.1 Å². The lowest BCUT2D eigenvalue weighted by Gasteiger charge is -2.01. The summed E-state index contributed by atoms with van der Waals surface area (Å²) in [5.41, 5.74) is 1.25. The number of nitrogens with zero attached hydrogens (tertiary/aromatic N) is 1. The van der Waals surface area contributed by atoms with Crippen LogP contribution in [0.2, 0.25) is 0 Å². The van der Waals surface area contributed by atoms with Gasteiger partial charge in [-0.25, -0.2) is 0 Å². The summed E-state index contributed by atoms with van der Waals surface area (Å²) in [5, 5.41) is 7.28. The average Bonchev–Trinajstić information content (AvgIpc) is 1.89. The quantitative estimate of drug-likeness (QED) is 0.541. The van der Waals surface area contributed by atoms with Crippen LogP contribution in [-0.2, 0) is 0 Å². The number of hydrogen-bond acceptors (Lipinski definition) is 2. The fourth-order valence-electron chi connectivity index (χ4n) is 0.598. The van der Waals surface area contributed by atoms with Gasteiger partial charge in [-0.05, 0) is 0 Å². The van der Waals surface area contributed by atoms with Crippen molar-refractivity contribution >= 4 is 11.9 Å². The van der Waals surface area contributed by atoms with E-state index in [1.54, 1.807) is 12.3 Å². The van der Waals surface area contributed by atoms with E-state index in [1.165, 1.54) is 0 Å². The van der Waals surface area contributed by atoms with Gasteiger partial charge in [0, 0.05) is 23.9 Å². The van der Waals surface area contributed by atoms with Crippen LogP contribution in [0.25, 0.3) is 0 Å². The van der Waals surface area contributed by atoms with Gasteiger partial charge in [0.1, 0.15) is 0 Å². The molecule has 0 aromatic rings. The molecule has 0 amide bonds. The molecule has 2 heteroatoms. The van der Waals surface area contributed by atoms with E-state index in [0.717, 1.165) is 0 Å². The summed E-state index contributed by atoms with van der Waals surface area (Å²) < 4.78 is 0. The maximum absolute atomic E-state index is 7.28. The fraction of sp³-hybridized carbons (Fsp3) is 0.143. The molecule has 1 aliphatic heterocycles. The van der Waals surface area contributed by atoms with E-state index in [4.69, 9.17) is 5.41 Å². The first-order valence-corrected chi connectivity index (χ1v) is 2.69. The summed E-state index contributed by atoms with van der Waals surface area (Å²) in [7, 11) is 0. The predicted octanol–water partition coefficient (Wildman–Crippen LogP) is 1.35. The number of rotatable bonds is 1. The van der Waals surface area contributed by atoms with E-state index in [9.17, 15) is 0 Å². The summed E-state index contributed by atoms with van der Waals surface area (Å²) in [4.78, 5) is 3.76. The third-order valence-corrected chi connectivity index (χ3v) is 1.10. The van der Waals surface area contributed by atoms with Crippen molar-refractivity contribution in [3.63, 3.8) is 0 Å². The van der Waals surface area contributed by atoms with Crippen LogP contribution in [0.15, 0.2) is 23.2 Å². The van der Waals surface area contributed by atoms with Crippen LogP contribution >= 0.6 is 0 Å². The van der Waals surface area contributed by atoms with Crippen LogP contribution < -0.4 is 0 Å². The Hall–Kier alpha value is -1.18. The van der Waals surface area contributed by atoms with Gasteiger partial charge in [-0.3, -0.25) is 4.99 Å². The number of hydrogen-bond donors (Lipinski definition) is 1. The van der Waals surface area contributed by atoms with Crippen molar-refractivity contribution < 1.29 is 0 Å². The van der Waals surface area contributed by atoms with Crippen molar-refractivity contribution in [3.05, 3.63) is 24.4 Å². The summed E-state index contributed by atoms with van der Waals surface area (Å²) >= 11 is 0. The van der Waals surface area contributed by atoms with Gasteiger partial charge in [-0.15, -0.1) is 0 Å². The minimum atomic E-state index is 0.542. The third-order valence-electron chi connectivity index (χ3n) is 1.10. The van der Waals surface area contributed by atoms with Crippen molar-refractivity contribution in [2.24, 2.45) is 4.99 Å². The number of nitrogens with one attached hydrogen (secondary N) is 1. The molecule has 0 saturated heterocycles. The molecule has 45 valence electrons. The van der Waals surface area contributed by atoms with Crippen molar-refractivity contribution in [2.45, 2.75) is 6.42 Å². The normalized spacial score (nSPS) is 17.3. The molecular weight excluding hydrogens is 112 g/mol. The minimum absolute atomic E-state index is 0.542. The molecule has 2 nitrogen and oxygen atoms in total. The third kappa shape index (κ3) is 1.13. The summed E-state index contributed by atoms with van der Waals surface area (Å²) in [6.45, 7) is 3.52. The predicted molar refractivity (Wildman–Crippen MR) is 37.8 cm³/mol. The number of allylic oxidation sites excluding steroid dienone is 2. The van der Waals surface area contributed by atoms with Gasteiger partial charge in [0.25, 0.3) is 0 Å². The molecule has 0 aromatic carbocycles. The lowest BCUT2D eigenvalue weighted by Crippen LogP contribution is -2.03. The maximum Gasteiger partial charge on any atom is 0.0979 e. The maximum atomic E-state index is 7.28. The second-order valence-corrected chi connectivity index (χ2v) is 1.72. The van der Waals surface area contributed by atoms with E-state index in [2.05, 4.69) is 17.8 Å². The summed E-state index contributed by atoms with van der Waals surface area (Å²) in [6.07, 6.45) is 6.53. The van der Waals surface area contributed by atoms with Crippen LogP contribution in [0.4, 0.5) is 0 Å². The first-order chi connectivity index (χ1) is 4.34. The van der Waals surface area contributed by atoms with Gasteiger partial charge in [0.15, 0.2) is 0 Å². The van der Waals surface area contributed by atoms with Crippen LogP contribution in [0, 0.1) is 11.6 Å². The smallest absolute Gasteiger partial charge is 0.0979 e. The molecule has 0 unspecified atom stereocenters. The van der Waals surface area contributed by atoms with Crippen LogP contribution in [-0.4, -0.2) is 11.9 Å². The monoisotopic (exact) mass is 119 g/mol. The second kappa shape index (κ2) is 2.40. The Morgan fingerprint density at radius 3 is 3.11 bits per heavy atom. The van der Waals surface area contributed by atoms with E-state index in [1.807, 2.05) is 0 Å². The van der Waals surface area contributed by atoms with Gasteiger partial charge in [0.05, 0.1) is 6.20 Å². The molecule has 0 aromatic heterocycles. The van der Waals surface area contributed by atoms with Crippen LogP contribution in [0.1, 0.15) is 6.42 Å². The molecule has 1 aliphatic rings. The second-order valence-electron chi connectivity index (χ2n) is 1.72. The van der Waals surface area contributed by atoms with E-state index in [-0.39, 0.29) is 0 Å². The van der Waals surface area contributed by atoms with Gasteiger partial charge in [0.2, 0.25) is 0 Å². The molecule has 0 spiro atoms. The molecule has 0 aliphatic carbocycles. The molecular formula is C7H7N2. The largest absolute Gasteiger partial charge is 0.304 e. The van der Waals surface area contributed by atoms with Crippen molar-refractivity contribution in [1.29, 1.82) is 5.41 Å².